The molecule has 2 aliphatic rings. The van der Waals surface area contributed by atoms with Crippen molar-refractivity contribution in [3.63, 3.8) is 0 Å². The predicted octanol–water partition coefficient (Wildman–Crippen LogP) is 1.98. The lowest BCUT2D eigenvalue weighted by molar-refractivity contribution is 0.261. The van der Waals surface area contributed by atoms with Crippen molar-refractivity contribution in [1.29, 1.82) is 0 Å². The van der Waals surface area contributed by atoms with Crippen LogP contribution in [0.15, 0.2) is 15.5 Å². The molecule has 116 valence electrons. The molecule has 1 saturated heterocycles. The molecule has 6 heteroatoms. The Morgan fingerprint density at radius 1 is 1.43 bits per heavy atom. The Hall–Kier alpha value is -0.880. The lowest BCUT2D eigenvalue weighted by Gasteiger charge is -2.36. The van der Waals surface area contributed by atoms with Crippen LogP contribution in [-0.2, 0) is 6.54 Å². The van der Waals surface area contributed by atoms with Crippen molar-refractivity contribution in [2.45, 2.75) is 45.2 Å². The molecule has 0 radical (unpaired) electrons. The summed E-state index contributed by atoms with van der Waals surface area (Å²) in [4.78, 5) is 14.9. The Kier molecular flexibility index (Phi) is 4.36. The maximum absolute atomic E-state index is 12.8. The molecule has 0 bridgehead atoms. The largest absolute Gasteiger partial charge is 0.366 e. The van der Waals surface area contributed by atoms with Gasteiger partial charge in [-0.1, -0.05) is 13.3 Å². The maximum Gasteiger partial charge on any atom is 0.291 e. The van der Waals surface area contributed by atoms with Gasteiger partial charge in [-0.3, -0.25) is 4.79 Å². The average molecular weight is 355 g/mol. The van der Waals surface area contributed by atoms with Gasteiger partial charge in [0.15, 0.2) is 0 Å². The van der Waals surface area contributed by atoms with Gasteiger partial charge in [0, 0.05) is 25.7 Å². The first kappa shape index (κ1) is 15.0. The molecule has 0 spiro atoms. The molecule has 1 saturated carbocycles. The Balaban J connectivity index is 1.86. The zero-order valence-corrected chi connectivity index (χ0v) is 14.1. The summed E-state index contributed by atoms with van der Waals surface area (Å²) in [6, 6.07) is 0.235. The molecular weight excluding hydrogens is 332 g/mol. The van der Waals surface area contributed by atoms with Crippen LogP contribution in [0.1, 0.15) is 32.6 Å². The zero-order chi connectivity index (χ0) is 15.0. The molecular formula is C15H23BrN4O. The molecule has 5 nitrogen and oxygen atoms in total. The van der Waals surface area contributed by atoms with Crippen LogP contribution in [0.3, 0.4) is 0 Å². The minimum absolute atomic E-state index is 0.0268. The van der Waals surface area contributed by atoms with Crippen molar-refractivity contribution in [2.24, 2.45) is 17.6 Å². The highest BCUT2D eigenvalue weighted by molar-refractivity contribution is 9.10. The maximum atomic E-state index is 12.8. The van der Waals surface area contributed by atoms with Crippen LogP contribution in [0, 0.1) is 11.8 Å². The SMILES string of the molecule is CC1CN(c2c(Br)cnn(CC3CCC3)c2=O)CCC1N. The predicted molar refractivity (Wildman–Crippen MR) is 87.5 cm³/mol. The van der Waals surface area contributed by atoms with Gasteiger partial charge in [0.05, 0.1) is 10.7 Å². The normalized spacial score (nSPS) is 26.7. The number of nitrogens with two attached hydrogens (primary N) is 1. The third kappa shape index (κ3) is 3.01. The fourth-order valence-corrected chi connectivity index (χ4v) is 3.67. The van der Waals surface area contributed by atoms with Gasteiger partial charge in [0.2, 0.25) is 0 Å². The van der Waals surface area contributed by atoms with Crippen LogP contribution in [-0.4, -0.2) is 28.9 Å². The van der Waals surface area contributed by atoms with E-state index in [4.69, 9.17) is 5.73 Å². The van der Waals surface area contributed by atoms with Crippen LogP contribution >= 0.6 is 15.9 Å². The zero-order valence-electron chi connectivity index (χ0n) is 12.5. The number of hydrogen-bond acceptors (Lipinski definition) is 4. The molecule has 2 N–H and O–H groups in total. The second-order valence-corrected chi connectivity index (χ2v) is 7.36. The summed E-state index contributed by atoms with van der Waals surface area (Å²) < 4.78 is 2.43. The fourth-order valence-electron chi connectivity index (χ4n) is 3.16. The Bertz CT molecular complexity index is 569. The van der Waals surface area contributed by atoms with Crippen molar-refractivity contribution >= 4 is 21.6 Å². The Labute approximate surface area is 133 Å². The number of aromatic nitrogens is 2. The number of rotatable bonds is 3. The molecule has 2 fully saturated rings. The minimum Gasteiger partial charge on any atom is -0.366 e. The number of anilines is 1. The van der Waals surface area contributed by atoms with Gasteiger partial charge in [-0.15, -0.1) is 0 Å². The first-order valence-electron chi connectivity index (χ1n) is 7.82. The van der Waals surface area contributed by atoms with Crippen LogP contribution in [0.4, 0.5) is 5.69 Å². The summed E-state index contributed by atoms with van der Waals surface area (Å²) in [6.45, 7) is 4.58. The van der Waals surface area contributed by atoms with Gasteiger partial charge in [-0.25, -0.2) is 4.68 Å². The molecule has 1 aromatic heterocycles. The number of nitrogens with zero attached hydrogens (tertiary/aromatic N) is 3. The summed E-state index contributed by atoms with van der Waals surface area (Å²) in [5, 5.41) is 4.30. The molecule has 1 aromatic rings. The van der Waals surface area contributed by atoms with Gasteiger partial charge in [-0.05, 0) is 47.0 Å². The monoisotopic (exact) mass is 354 g/mol. The highest BCUT2D eigenvalue weighted by Crippen LogP contribution is 2.29. The van der Waals surface area contributed by atoms with Crippen LogP contribution < -0.4 is 16.2 Å². The first-order valence-corrected chi connectivity index (χ1v) is 8.61. The third-order valence-electron chi connectivity index (χ3n) is 4.92. The van der Waals surface area contributed by atoms with E-state index < -0.39 is 0 Å². The molecule has 2 unspecified atom stereocenters. The van der Waals surface area contributed by atoms with Crippen molar-refractivity contribution in [3.8, 4) is 0 Å². The molecule has 1 aliphatic heterocycles. The summed E-state index contributed by atoms with van der Waals surface area (Å²) in [5.74, 6) is 1.02. The summed E-state index contributed by atoms with van der Waals surface area (Å²) in [6.07, 6.45) is 6.40. The second kappa shape index (κ2) is 6.08. The molecule has 0 amide bonds. The highest BCUT2D eigenvalue weighted by Gasteiger charge is 2.27. The third-order valence-corrected chi connectivity index (χ3v) is 5.50. The van der Waals surface area contributed by atoms with E-state index in [2.05, 4.69) is 32.9 Å². The van der Waals surface area contributed by atoms with Gasteiger partial charge >= 0.3 is 0 Å². The molecule has 21 heavy (non-hydrogen) atoms. The van der Waals surface area contributed by atoms with E-state index >= 15 is 0 Å². The Morgan fingerprint density at radius 3 is 2.81 bits per heavy atom. The topological polar surface area (TPSA) is 64.2 Å². The number of halogens is 1. The summed E-state index contributed by atoms with van der Waals surface area (Å²) in [5.41, 5.74) is 6.86. The summed E-state index contributed by atoms with van der Waals surface area (Å²) >= 11 is 3.50. The smallest absolute Gasteiger partial charge is 0.291 e. The number of hydrogen-bond donors (Lipinski definition) is 1. The second-order valence-electron chi connectivity index (χ2n) is 6.50. The highest BCUT2D eigenvalue weighted by atomic mass is 79.9. The quantitative estimate of drug-likeness (QED) is 0.901. The minimum atomic E-state index is 0.0268. The standard InChI is InChI=1S/C15H23BrN4O/c1-10-8-19(6-5-13(10)17)14-12(16)7-18-20(15(14)21)9-11-3-2-4-11/h7,10-11,13H,2-6,8-9,17H2,1H3. The van der Waals surface area contributed by atoms with E-state index in [0.29, 0.717) is 11.8 Å². The van der Waals surface area contributed by atoms with E-state index in [1.807, 2.05) is 0 Å². The van der Waals surface area contributed by atoms with Crippen molar-refractivity contribution in [1.82, 2.24) is 9.78 Å². The van der Waals surface area contributed by atoms with E-state index in [1.54, 1.807) is 10.9 Å². The van der Waals surface area contributed by atoms with Crippen molar-refractivity contribution in [2.75, 3.05) is 18.0 Å². The van der Waals surface area contributed by atoms with Crippen molar-refractivity contribution in [3.05, 3.63) is 21.0 Å². The van der Waals surface area contributed by atoms with Gasteiger partial charge in [0.1, 0.15) is 5.69 Å². The van der Waals surface area contributed by atoms with Crippen LogP contribution in [0.2, 0.25) is 0 Å². The van der Waals surface area contributed by atoms with Gasteiger partial charge in [-0.2, -0.15) is 5.10 Å². The van der Waals surface area contributed by atoms with Gasteiger partial charge in [0.25, 0.3) is 5.56 Å². The van der Waals surface area contributed by atoms with E-state index in [-0.39, 0.29) is 11.6 Å². The van der Waals surface area contributed by atoms with Crippen molar-refractivity contribution < 1.29 is 0 Å². The molecule has 3 rings (SSSR count). The van der Waals surface area contributed by atoms with E-state index in [0.717, 1.165) is 36.2 Å². The molecule has 1 aliphatic carbocycles. The Morgan fingerprint density at radius 2 is 2.19 bits per heavy atom. The molecule has 2 heterocycles. The molecule has 2 atom stereocenters. The molecule has 0 aromatic carbocycles. The average Bonchev–Trinajstić information content (AvgIpc) is 2.40. The van der Waals surface area contributed by atoms with E-state index in [9.17, 15) is 4.79 Å². The van der Waals surface area contributed by atoms with Gasteiger partial charge < -0.3 is 10.6 Å². The number of piperidine rings is 1. The lowest BCUT2D eigenvalue weighted by atomic mass is 9.85. The van der Waals surface area contributed by atoms with Crippen LogP contribution in [0.5, 0.6) is 0 Å². The lowest BCUT2D eigenvalue weighted by Crippen LogP contribution is -2.48. The van der Waals surface area contributed by atoms with E-state index in [1.165, 1.54) is 19.3 Å². The fraction of sp³-hybridized carbons (Fsp3) is 0.733. The van der Waals surface area contributed by atoms with Crippen LogP contribution in [0.25, 0.3) is 0 Å². The summed E-state index contributed by atoms with van der Waals surface area (Å²) in [7, 11) is 0. The first-order chi connectivity index (χ1) is 10.1.